The van der Waals surface area contributed by atoms with Crippen molar-refractivity contribution in [3.05, 3.63) is 107 Å². The first-order chi connectivity index (χ1) is 16.6. The number of carbonyl (C=O) groups is 1. The van der Waals surface area contributed by atoms with E-state index in [1.165, 1.54) is 22.2 Å². The van der Waals surface area contributed by atoms with Gasteiger partial charge in [-0.3, -0.25) is 4.79 Å². The van der Waals surface area contributed by atoms with Crippen molar-refractivity contribution < 1.29 is 9.53 Å². The van der Waals surface area contributed by atoms with Crippen LogP contribution in [0.5, 0.6) is 0 Å². The predicted molar refractivity (Wildman–Crippen MR) is 136 cm³/mol. The maximum absolute atomic E-state index is 13.8. The Labute approximate surface area is 199 Å². The van der Waals surface area contributed by atoms with Gasteiger partial charge in [0.05, 0.1) is 18.6 Å². The number of benzene rings is 3. The van der Waals surface area contributed by atoms with Gasteiger partial charge in [0.15, 0.2) is 0 Å². The molecule has 0 radical (unpaired) electrons. The van der Waals surface area contributed by atoms with Gasteiger partial charge in [0, 0.05) is 44.7 Å². The maximum Gasteiger partial charge on any atom is 0.312 e. The van der Waals surface area contributed by atoms with Crippen molar-refractivity contribution in [2.45, 2.75) is 32.7 Å². The lowest BCUT2D eigenvalue weighted by Gasteiger charge is -2.25. The Balaban J connectivity index is 1.72. The molecule has 0 aliphatic carbocycles. The quantitative estimate of drug-likeness (QED) is 0.313. The van der Waals surface area contributed by atoms with Crippen molar-refractivity contribution in [1.82, 2.24) is 9.55 Å². The smallest absolute Gasteiger partial charge is 0.312 e. The van der Waals surface area contributed by atoms with Gasteiger partial charge in [-0.25, -0.2) is 0 Å². The number of fused-ring (bicyclic) bond motifs is 4. The van der Waals surface area contributed by atoms with E-state index in [4.69, 9.17) is 4.74 Å². The molecule has 0 saturated heterocycles. The molecule has 1 aliphatic rings. The molecule has 0 spiro atoms. The van der Waals surface area contributed by atoms with Crippen molar-refractivity contribution in [2.75, 3.05) is 6.61 Å². The summed E-state index contributed by atoms with van der Waals surface area (Å²) in [5.41, 5.74) is 8.11. The molecule has 3 aromatic carbocycles. The minimum atomic E-state index is -0.362. The SMILES string of the molecule is CCOC(=O)[C@@H]1[C@@H](c2ccccc2)c2c(C)c3ccccc3n2[C@H]1c1c(C)[nH]c2ccccc12. The summed E-state index contributed by atoms with van der Waals surface area (Å²) in [7, 11) is 0. The summed E-state index contributed by atoms with van der Waals surface area (Å²) in [6.07, 6.45) is 0. The number of esters is 1. The molecule has 4 heteroatoms. The van der Waals surface area contributed by atoms with Crippen LogP contribution in [0.3, 0.4) is 0 Å². The third-order valence-electron chi connectivity index (χ3n) is 7.44. The molecule has 0 fully saturated rings. The Kier molecular flexibility index (Phi) is 4.84. The van der Waals surface area contributed by atoms with Crippen LogP contribution in [0, 0.1) is 19.8 Å². The van der Waals surface area contributed by atoms with E-state index in [1.807, 2.05) is 19.1 Å². The van der Waals surface area contributed by atoms with Crippen LogP contribution in [0.2, 0.25) is 0 Å². The molecule has 170 valence electrons. The summed E-state index contributed by atoms with van der Waals surface area (Å²) in [4.78, 5) is 17.3. The molecule has 1 N–H and O–H groups in total. The fourth-order valence-electron chi connectivity index (χ4n) is 6.16. The highest BCUT2D eigenvalue weighted by molar-refractivity contribution is 5.91. The topological polar surface area (TPSA) is 47.0 Å². The Morgan fingerprint density at radius 1 is 0.912 bits per heavy atom. The van der Waals surface area contributed by atoms with Crippen molar-refractivity contribution in [2.24, 2.45) is 5.92 Å². The monoisotopic (exact) mass is 448 g/mol. The minimum Gasteiger partial charge on any atom is -0.466 e. The van der Waals surface area contributed by atoms with Crippen molar-refractivity contribution in [3.63, 3.8) is 0 Å². The van der Waals surface area contributed by atoms with Crippen LogP contribution in [0.4, 0.5) is 0 Å². The molecular formula is C30H28N2O2. The third-order valence-corrected chi connectivity index (χ3v) is 7.44. The summed E-state index contributed by atoms with van der Waals surface area (Å²) >= 11 is 0. The number of ether oxygens (including phenoxy) is 1. The summed E-state index contributed by atoms with van der Waals surface area (Å²) in [6, 6.07) is 27.2. The molecule has 1 aliphatic heterocycles. The number of carbonyl (C=O) groups excluding carboxylic acids is 1. The second kappa shape index (κ2) is 7.91. The Hall–Kier alpha value is -3.79. The molecule has 2 aromatic heterocycles. The number of aromatic amines is 1. The van der Waals surface area contributed by atoms with Crippen LogP contribution in [0.15, 0.2) is 78.9 Å². The Morgan fingerprint density at radius 2 is 1.59 bits per heavy atom. The Bertz CT molecular complexity index is 1530. The molecular weight excluding hydrogens is 420 g/mol. The van der Waals surface area contributed by atoms with Crippen molar-refractivity contribution >= 4 is 27.8 Å². The first kappa shape index (κ1) is 20.8. The number of nitrogens with one attached hydrogen (secondary N) is 1. The third kappa shape index (κ3) is 2.88. The van der Waals surface area contributed by atoms with Crippen LogP contribution in [-0.2, 0) is 9.53 Å². The molecule has 34 heavy (non-hydrogen) atoms. The zero-order chi connectivity index (χ0) is 23.4. The standard InChI is InChI=1S/C30H28N2O2/c1-4-34-30(33)27-26(20-12-6-5-7-13-20)28-18(2)21-14-9-11-17-24(21)32(28)29(27)25-19(3)31-23-16-10-8-15-22(23)25/h5-17,26-27,29,31H,4H2,1-3H3/t26-,27-,29+/m1/s1. The molecule has 4 nitrogen and oxygen atoms in total. The number of rotatable bonds is 4. The van der Waals surface area contributed by atoms with E-state index in [-0.39, 0.29) is 23.8 Å². The summed E-state index contributed by atoms with van der Waals surface area (Å²) in [5.74, 6) is -0.595. The predicted octanol–water partition coefficient (Wildman–Crippen LogP) is 6.65. The van der Waals surface area contributed by atoms with E-state index >= 15 is 0 Å². The van der Waals surface area contributed by atoms with Crippen LogP contribution in [-0.4, -0.2) is 22.1 Å². The van der Waals surface area contributed by atoms with Crippen molar-refractivity contribution in [3.8, 4) is 0 Å². The number of H-pyrrole nitrogens is 1. The fourth-order valence-corrected chi connectivity index (χ4v) is 6.16. The van der Waals surface area contributed by atoms with Gasteiger partial charge < -0.3 is 14.3 Å². The maximum atomic E-state index is 13.8. The number of hydrogen-bond donors (Lipinski definition) is 1. The van der Waals surface area contributed by atoms with Gasteiger partial charge in [0.2, 0.25) is 0 Å². The lowest BCUT2D eigenvalue weighted by atomic mass is 9.79. The van der Waals surface area contributed by atoms with Gasteiger partial charge >= 0.3 is 5.97 Å². The van der Waals surface area contributed by atoms with E-state index < -0.39 is 0 Å². The van der Waals surface area contributed by atoms with Gasteiger partial charge in [-0.05, 0) is 44.0 Å². The van der Waals surface area contributed by atoms with E-state index in [9.17, 15) is 4.79 Å². The number of aryl methyl sites for hydroxylation is 2. The first-order valence-electron chi connectivity index (χ1n) is 12.0. The second-order valence-corrected chi connectivity index (χ2v) is 9.22. The van der Waals surface area contributed by atoms with Gasteiger partial charge in [0.1, 0.15) is 0 Å². The van der Waals surface area contributed by atoms with Crippen LogP contribution in [0.25, 0.3) is 21.8 Å². The fraction of sp³-hybridized carbons (Fsp3) is 0.233. The number of aromatic nitrogens is 2. The van der Waals surface area contributed by atoms with Crippen LogP contribution >= 0.6 is 0 Å². The van der Waals surface area contributed by atoms with Gasteiger partial charge in [-0.15, -0.1) is 0 Å². The molecule has 3 atom stereocenters. The molecule has 5 aromatic rings. The highest BCUT2D eigenvalue weighted by Gasteiger charge is 2.50. The van der Waals surface area contributed by atoms with Crippen LogP contribution in [0.1, 0.15) is 47.0 Å². The van der Waals surface area contributed by atoms with E-state index in [1.54, 1.807) is 0 Å². The summed E-state index contributed by atoms with van der Waals surface area (Å²) in [5, 5.41) is 2.40. The second-order valence-electron chi connectivity index (χ2n) is 9.22. The average molecular weight is 449 g/mol. The normalized spacial score (nSPS) is 19.6. The van der Waals surface area contributed by atoms with Gasteiger partial charge in [0.25, 0.3) is 0 Å². The van der Waals surface area contributed by atoms with Crippen LogP contribution < -0.4 is 0 Å². The van der Waals surface area contributed by atoms with E-state index in [2.05, 4.69) is 90.1 Å². The summed E-state index contributed by atoms with van der Waals surface area (Å²) in [6.45, 7) is 6.56. The lowest BCUT2D eigenvalue weighted by molar-refractivity contribution is -0.149. The number of hydrogen-bond acceptors (Lipinski definition) is 2. The minimum absolute atomic E-state index is 0.0919. The molecule has 0 saturated carbocycles. The molecule has 6 rings (SSSR count). The average Bonchev–Trinajstić information content (AvgIpc) is 3.47. The lowest BCUT2D eigenvalue weighted by Crippen LogP contribution is -2.28. The molecule has 0 amide bonds. The van der Waals surface area contributed by atoms with Gasteiger partial charge in [-0.1, -0.05) is 66.7 Å². The van der Waals surface area contributed by atoms with Crippen molar-refractivity contribution in [1.29, 1.82) is 0 Å². The zero-order valence-electron chi connectivity index (χ0n) is 19.7. The highest BCUT2D eigenvalue weighted by Crippen LogP contribution is 2.54. The Morgan fingerprint density at radius 3 is 2.35 bits per heavy atom. The van der Waals surface area contributed by atoms with E-state index in [0.717, 1.165) is 27.7 Å². The molecule has 3 heterocycles. The van der Waals surface area contributed by atoms with E-state index in [0.29, 0.717) is 6.61 Å². The summed E-state index contributed by atoms with van der Waals surface area (Å²) < 4.78 is 8.17. The molecule has 0 unspecified atom stereocenters. The number of nitrogens with zero attached hydrogens (tertiary/aromatic N) is 1. The highest BCUT2D eigenvalue weighted by atomic mass is 16.5. The zero-order valence-corrected chi connectivity index (χ0v) is 19.7. The molecule has 0 bridgehead atoms. The first-order valence-corrected chi connectivity index (χ1v) is 12.0. The van der Waals surface area contributed by atoms with Gasteiger partial charge in [-0.2, -0.15) is 0 Å². The number of para-hydroxylation sites is 2. The largest absolute Gasteiger partial charge is 0.466 e.